The molecule has 0 amide bonds. The van der Waals surface area contributed by atoms with Gasteiger partial charge in [0.1, 0.15) is 0 Å². The van der Waals surface area contributed by atoms with Crippen LogP contribution in [0.4, 0.5) is 0 Å². The second-order valence-corrected chi connectivity index (χ2v) is 4.99. The highest BCUT2D eigenvalue weighted by Crippen LogP contribution is 2.39. The van der Waals surface area contributed by atoms with Crippen LogP contribution in [-0.4, -0.2) is 0 Å². The van der Waals surface area contributed by atoms with Crippen LogP contribution in [0.25, 0.3) is 0 Å². The average Bonchev–Trinajstić information content (AvgIpc) is 2.16. The van der Waals surface area contributed by atoms with Gasteiger partial charge >= 0.3 is 0 Å². The minimum atomic E-state index is 0.355. The fourth-order valence-electron chi connectivity index (χ4n) is 1.94. The summed E-state index contributed by atoms with van der Waals surface area (Å²) >= 11 is 0. The lowest BCUT2D eigenvalue weighted by Gasteiger charge is -2.35. The molecule has 0 radical (unpaired) electrons. The van der Waals surface area contributed by atoms with E-state index >= 15 is 0 Å². The summed E-state index contributed by atoms with van der Waals surface area (Å²) < 4.78 is 0. The van der Waals surface area contributed by atoms with Gasteiger partial charge in [-0.3, -0.25) is 0 Å². The van der Waals surface area contributed by atoms with Crippen molar-refractivity contribution in [2.45, 2.75) is 66.7 Å². The smallest absolute Gasteiger partial charge is 0.00987 e. The van der Waals surface area contributed by atoms with E-state index in [1.807, 2.05) is 0 Å². The molecule has 0 fully saturated rings. The summed E-state index contributed by atoms with van der Waals surface area (Å²) in [7, 11) is 0. The van der Waals surface area contributed by atoms with E-state index in [1.54, 1.807) is 0 Å². The van der Waals surface area contributed by atoms with Crippen molar-refractivity contribution in [2.75, 3.05) is 0 Å². The van der Waals surface area contributed by atoms with Gasteiger partial charge in [-0.1, -0.05) is 59.6 Å². The standard InChI is InChI=1S/C14H28/c1-7-9-10-11-13(5)14(6,8-2)12(3)4/h12H,5,7-11H2,1-4,6H3. The highest BCUT2D eigenvalue weighted by atomic mass is 14.3. The van der Waals surface area contributed by atoms with Crippen molar-refractivity contribution < 1.29 is 0 Å². The predicted molar refractivity (Wildman–Crippen MR) is 66.5 cm³/mol. The zero-order valence-corrected chi connectivity index (χ0v) is 10.8. The van der Waals surface area contributed by atoms with Crippen molar-refractivity contribution in [3.05, 3.63) is 12.2 Å². The van der Waals surface area contributed by atoms with Gasteiger partial charge in [0, 0.05) is 0 Å². The Labute approximate surface area is 90.8 Å². The Balaban J connectivity index is 4.18. The minimum absolute atomic E-state index is 0.355. The van der Waals surface area contributed by atoms with Gasteiger partial charge in [-0.05, 0) is 30.6 Å². The predicted octanol–water partition coefficient (Wildman–Crippen LogP) is 5.20. The Morgan fingerprint density at radius 2 is 1.79 bits per heavy atom. The Hall–Kier alpha value is -0.260. The normalized spacial score (nSPS) is 15.6. The molecule has 0 heterocycles. The number of unbranched alkanes of at least 4 members (excludes halogenated alkanes) is 2. The third-order valence-electron chi connectivity index (χ3n) is 3.90. The molecule has 1 unspecified atom stereocenters. The van der Waals surface area contributed by atoms with Gasteiger partial charge in [0.05, 0.1) is 0 Å². The van der Waals surface area contributed by atoms with Crippen LogP contribution in [-0.2, 0) is 0 Å². The molecule has 0 N–H and O–H groups in total. The third-order valence-corrected chi connectivity index (χ3v) is 3.90. The molecule has 0 nitrogen and oxygen atoms in total. The van der Waals surface area contributed by atoms with Crippen LogP contribution in [0, 0.1) is 11.3 Å². The molecule has 84 valence electrons. The van der Waals surface area contributed by atoms with E-state index in [2.05, 4.69) is 41.2 Å². The van der Waals surface area contributed by atoms with Gasteiger partial charge in [-0.15, -0.1) is 0 Å². The summed E-state index contributed by atoms with van der Waals surface area (Å²) in [6.45, 7) is 15.8. The Morgan fingerprint density at radius 1 is 1.21 bits per heavy atom. The summed E-state index contributed by atoms with van der Waals surface area (Å²) in [5.41, 5.74) is 1.82. The second-order valence-electron chi connectivity index (χ2n) is 4.99. The van der Waals surface area contributed by atoms with Crippen LogP contribution >= 0.6 is 0 Å². The summed E-state index contributed by atoms with van der Waals surface area (Å²) in [5.74, 6) is 0.710. The number of hydrogen-bond donors (Lipinski definition) is 0. The molecule has 0 aromatic heterocycles. The first kappa shape index (κ1) is 13.7. The Morgan fingerprint density at radius 3 is 2.14 bits per heavy atom. The first-order valence-electron chi connectivity index (χ1n) is 6.17. The molecule has 0 aromatic carbocycles. The van der Waals surface area contributed by atoms with Crippen LogP contribution in [0.5, 0.6) is 0 Å². The molecule has 0 aliphatic heterocycles. The lowest BCUT2D eigenvalue weighted by atomic mass is 9.70. The van der Waals surface area contributed by atoms with Crippen molar-refractivity contribution in [3.8, 4) is 0 Å². The lowest BCUT2D eigenvalue weighted by molar-refractivity contribution is 0.257. The van der Waals surface area contributed by atoms with E-state index in [-0.39, 0.29) is 0 Å². The molecule has 1 atom stereocenters. The highest BCUT2D eigenvalue weighted by molar-refractivity contribution is 5.09. The molecule has 14 heavy (non-hydrogen) atoms. The second kappa shape index (κ2) is 6.27. The topological polar surface area (TPSA) is 0 Å². The Kier molecular flexibility index (Phi) is 6.15. The number of hydrogen-bond acceptors (Lipinski definition) is 0. The SMILES string of the molecule is C=C(CCCCC)C(C)(CC)C(C)C. The van der Waals surface area contributed by atoms with E-state index < -0.39 is 0 Å². The first-order chi connectivity index (χ1) is 6.49. The molecule has 0 saturated carbocycles. The molecular weight excluding hydrogens is 168 g/mol. The molecule has 0 bridgehead atoms. The van der Waals surface area contributed by atoms with Gasteiger partial charge in [0.25, 0.3) is 0 Å². The largest absolute Gasteiger partial charge is 0.0993 e. The van der Waals surface area contributed by atoms with E-state index in [0.717, 1.165) is 0 Å². The van der Waals surface area contributed by atoms with Crippen LogP contribution in [0.2, 0.25) is 0 Å². The zero-order chi connectivity index (χ0) is 11.2. The molecular formula is C14H28. The minimum Gasteiger partial charge on any atom is -0.0993 e. The van der Waals surface area contributed by atoms with Crippen LogP contribution < -0.4 is 0 Å². The summed E-state index contributed by atoms with van der Waals surface area (Å²) in [6.07, 6.45) is 6.40. The maximum absolute atomic E-state index is 4.29. The highest BCUT2D eigenvalue weighted by Gasteiger charge is 2.28. The zero-order valence-electron chi connectivity index (χ0n) is 10.8. The number of allylic oxidation sites excluding steroid dienone is 1. The van der Waals surface area contributed by atoms with Gasteiger partial charge < -0.3 is 0 Å². The molecule has 0 heteroatoms. The lowest BCUT2D eigenvalue weighted by Crippen LogP contribution is -2.24. The summed E-state index contributed by atoms with van der Waals surface area (Å²) in [5, 5.41) is 0. The van der Waals surface area contributed by atoms with Gasteiger partial charge in [0.2, 0.25) is 0 Å². The van der Waals surface area contributed by atoms with E-state index in [4.69, 9.17) is 0 Å². The van der Waals surface area contributed by atoms with Gasteiger partial charge in [-0.2, -0.15) is 0 Å². The van der Waals surface area contributed by atoms with Gasteiger partial charge in [-0.25, -0.2) is 0 Å². The monoisotopic (exact) mass is 196 g/mol. The summed E-state index contributed by atoms with van der Waals surface area (Å²) in [4.78, 5) is 0. The molecule has 0 spiro atoms. The van der Waals surface area contributed by atoms with E-state index in [0.29, 0.717) is 11.3 Å². The third kappa shape index (κ3) is 3.48. The maximum atomic E-state index is 4.29. The van der Waals surface area contributed by atoms with Crippen molar-refractivity contribution in [2.24, 2.45) is 11.3 Å². The Bertz CT molecular complexity index is 167. The molecule has 0 saturated heterocycles. The molecule has 0 aromatic rings. The fraction of sp³-hybridized carbons (Fsp3) is 0.857. The van der Waals surface area contributed by atoms with Crippen LogP contribution in [0.15, 0.2) is 12.2 Å². The van der Waals surface area contributed by atoms with Crippen molar-refractivity contribution in [1.29, 1.82) is 0 Å². The quantitative estimate of drug-likeness (QED) is 0.388. The summed E-state index contributed by atoms with van der Waals surface area (Å²) in [6, 6.07) is 0. The average molecular weight is 196 g/mol. The van der Waals surface area contributed by atoms with Crippen molar-refractivity contribution in [3.63, 3.8) is 0 Å². The van der Waals surface area contributed by atoms with Crippen molar-refractivity contribution in [1.82, 2.24) is 0 Å². The molecule has 0 aliphatic carbocycles. The maximum Gasteiger partial charge on any atom is -0.00987 e. The van der Waals surface area contributed by atoms with E-state index in [9.17, 15) is 0 Å². The van der Waals surface area contributed by atoms with Crippen LogP contribution in [0.1, 0.15) is 66.7 Å². The van der Waals surface area contributed by atoms with Crippen LogP contribution in [0.3, 0.4) is 0 Å². The van der Waals surface area contributed by atoms with Gasteiger partial charge in [0.15, 0.2) is 0 Å². The first-order valence-corrected chi connectivity index (χ1v) is 6.17. The van der Waals surface area contributed by atoms with E-state index in [1.165, 1.54) is 37.7 Å². The fourth-order valence-corrected chi connectivity index (χ4v) is 1.94. The van der Waals surface area contributed by atoms with Crippen molar-refractivity contribution >= 4 is 0 Å². The molecule has 0 aliphatic rings. The number of rotatable bonds is 7. The molecule has 0 rings (SSSR count).